The molecule has 8 heteroatoms. The van der Waals surface area contributed by atoms with Crippen LogP contribution in [-0.4, -0.2) is 39.3 Å². The summed E-state index contributed by atoms with van der Waals surface area (Å²) in [5, 5.41) is 9.61. The normalized spacial score (nSPS) is 13.4. The first-order valence-corrected chi connectivity index (χ1v) is 13.3. The Balaban J connectivity index is 1.69. The van der Waals surface area contributed by atoms with Crippen LogP contribution in [0.5, 0.6) is 17.2 Å². The number of hydrogen-bond acceptors (Lipinski definition) is 5. The predicted molar refractivity (Wildman–Crippen MR) is 114 cm³/mol. The third kappa shape index (κ3) is 5.84. The molecule has 1 N–H and O–H groups in total. The molecule has 6 nitrogen and oxygen atoms in total. The topological polar surface area (TPSA) is 74.2 Å². The molecule has 1 aliphatic rings. The van der Waals surface area contributed by atoms with Gasteiger partial charge in [0.2, 0.25) is 6.79 Å². The van der Waals surface area contributed by atoms with Gasteiger partial charge in [0.05, 0.1) is 5.57 Å². The number of carboxylic acid groups (broad SMARTS) is 1. The Labute approximate surface area is 175 Å². The number of carbonyl (C=O) groups is 1. The molecule has 0 amide bonds. The molecule has 0 unspecified atom stereocenters. The van der Waals surface area contributed by atoms with Crippen LogP contribution in [0.2, 0.25) is 25.7 Å². The van der Waals surface area contributed by atoms with Gasteiger partial charge in [-0.1, -0.05) is 31.8 Å². The molecule has 0 saturated carbocycles. The number of benzene rings is 2. The van der Waals surface area contributed by atoms with E-state index in [0.717, 1.165) is 6.04 Å². The van der Waals surface area contributed by atoms with E-state index in [1.54, 1.807) is 24.3 Å². The fourth-order valence-electron chi connectivity index (χ4n) is 2.77. The Hall–Kier alpha value is -2.84. The minimum atomic E-state index is -1.19. The van der Waals surface area contributed by atoms with Crippen molar-refractivity contribution in [1.82, 2.24) is 0 Å². The Kier molecular flexibility index (Phi) is 6.79. The van der Waals surface area contributed by atoms with Crippen molar-refractivity contribution in [2.24, 2.45) is 0 Å². The molecule has 2 aromatic rings. The molecule has 3 rings (SSSR count). The van der Waals surface area contributed by atoms with Gasteiger partial charge in [0.1, 0.15) is 0 Å². The highest BCUT2D eigenvalue weighted by Gasteiger charge is 2.18. The third-order valence-corrected chi connectivity index (χ3v) is 6.18. The molecule has 1 aliphatic heterocycles. The van der Waals surface area contributed by atoms with Crippen molar-refractivity contribution in [3.8, 4) is 17.2 Å². The van der Waals surface area contributed by atoms with Gasteiger partial charge in [0, 0.05) is 14.7 Å². The molecule has 0 aliphatic carbocycles. The van der Waals surface area contributed by atoms with Gasteiger partial charge in [-0.25, -0.2) is 9.18 Å². The Bertz CT molecular complexity index is 951. The van der Waals surface area contributed by atoms with E-state index in [1.165, 1.54) is 18.2 Å². The maximum Gasteiger partial charge on any atom is 0.336 e. The van der Waals surface area contributed by atoms with Gasteiger partial charge < -0.3 is 24.1 Å². The highest BCUT2D eigenvalue weighted by atomic mass is 28.3. The van der Waals surface area contributed by atoms with Crippen molar-refractivity contribution < 1.29 is 33.2 Å². The lowest BCUT2D eigenvalue weighted by molar-refractivity contribution is -0.130. The Morgan fingerprint density at radius 1 is 1.17 bits per heavy atom. The van der Waals surface area contributed by atoms with Crippen LogP contribution in [0.3, 0.4) is 0 Å². The summed E-state index contributed by atoms with van der Waals surface area (Å²) in [4.78, 5) is 11.8. The molecular weight excluding hydrogens is 407 g/mol. The van der Waals surface area contributed by atoms with Crippen molar-refractivity contribution in [3.63, 3.8) is 0 Å². The monoisotopic (exact) mass is 432 g/mol. The van der Waals surface area contributed by atoms with Gasteiger partial charge in [-0.2, -0.15) is 0 Å². The minimum Gasteiger partial charge on any atom is -0.478 e. The smallest absolute Gasteiger partial charge is 0.336 e. The van der Waals surface area contributed by atoms with E-state index in [4.69, 9.17) is 18.9 Å². The summed E-state index contributed by atoms with van der Waals surface area (Å²) in [5.41, 5.74) is 0.842. The van der Waals surface area contributed by atoms with Crippen LogP contribution in [0.25, 0.3) is 11.6 Å². The van der Waals surface area contributed by atoms with Crippen LogP contribution in [0.4, 0.5) is 4.39 Å². The molecule has 0 spiro atoms. The summed E-state index contributed by atoms with van der Waals surface area (Å²) in [5.74, 6) is -0.634. The van der Waals surface area contributed by atoms with E-state index in [-0.39, 0.29) is 24.9 Å². The Morgan fingerprint density at radius 2 is 1.93 bits per heavy atom. The van der Waals surface area contributed by atoms with E-state index in [9.17, 15) is 14.3 Å². The van der Waals surface area contributed by atoms with Crippen LogP contribution < -0.4 is 14.2 Å². The highest BCUT2D eigenvalue weighted by molar-refractivity contribution is 6.76. The van der Waals surface area contributed by atoms with Crippen molar-refractivity contribution in [1.29, 1.82) is 0 Å². The summed E-state index contributed by atoms with van der Waals surface area (Å²) < 4.78 is 35.7. The summed E-state index contributed by atoms with van der Waals surface area (Å²) >= 11 is 0. The molecule has 2 aromatic carbocycles. The SMILES string of the molecule is C[Si](C)(C)CCOCOc1ccc(C=C(C(=O)O)c2ccc3c(c2)OCO3)cc1F. The van der Waals surface area contributed by atoms with Gasteiger partial charge >= 0.3 is 5.97 Å². The molecule has 0 saturated heterocycles. The lowest BCUT2D eigenvalue weighted by atomic mass is 10.0. The van der Waals surface area contributed by atoms with Gasteiger partial charge in [-0.05, 0) is 47.5 Å². The van der Waals surface area contributed by atoms with Crippen molar-refractivity contribution in [3.05, 3.63) is 53.3 Å². The molecule has 0 radical (unpaired) electrons. The van der Waals surface area contributed by atoms with Gasteiger partial charge in [-0.3, -0.25) is 0 Å². The standard InChI is InChI=1S/C22H25FO6Si/c1-30(2,3)9-8-26-13-27-19-6-4-15(11-18(19)23)10-17(22(24)25)16-5-7-20-21(12-16)29-14-28-20/h4-7,10-12H,8-9,13-14H2,1-3H3,(H,24,25). The lowest BCUT2D eigenvalue weighted by Crippen LogP contribution is -2.22. The largest absolute Gasteiger partial charge is 0.478 e. The summed E-state index contributed by atoms with van der Waals surface area (Å²) in [6.07, 6.45) is 1.40. The van der Waals surface area contributed by atoms with Crippen LogP contribution in [0.1, 0.15) is 11.1 Å². The zero-order valence-corrected chi connectivity index (χ0v) is 18.2. The molecule has 30 heavy (non-hydrogen) atoms. The van der Waals surface area contributed by atoms with E-state index >= 15 is 0 Å². The number of carboxylic acids is 1. The number of aliphatic carboxylic acids is 1. The summed E-state index contributed by atoms with van der Waals surface area (Å²) in [7, 11) is -1.19. The van der Waals surface area contributed by atoms with Crippen LogP contribution in [0, 0.1) is 5.82 Å². The molecular formula is C22H25FO6Si. The molecule has 0 bridgehead atoms. The molecule has 160 valence electrons. The van der Waals surface area contributed by atoms with E-state index in [0.29, 0.717) is 29.2 Å². The summed E-state index contributed by atoms with van der Waals surface area (Å²) in [6, 6.07) is 10.1. The number of halogens is 1. The quantitative estimate of drug-likeness (QED) is 0.200. The average Bonchev–Trinajstić information content (AvgIpc) is 3.14. The average molecular weight is 433 g/mol. The zero-order chi connectivity index (χ0) is 21.7. The Morgan fingerprint density at radius 3 is 2.63 bits per heavy atom. The predicted octanol–water partition coefficient (Wildman–Crippen LogP) is 4.87. The second-order valence-corrected chi connectivity index (χ2v) is 13.7. The van der Waals surface area contributed by atoms with Crippen LogP contribution in [0.15, 0.2) is 36.4 Å². The number of fused-ring (bicyclic) bond motifs is 1. The zero-order valence-electron chi connectivity index (χ0n) is 17.2. The van der Waals surface area contributed by atoms with E-state index in [2.05, 4.69) is 19.6 Å². The van der Waals surface area contributed by atoms with Crippen LogP contribution >= 0.6 is 0 Å². The van der Waals surface area contributed by atoms with Crippen molar-refractivity contribution >= 4 is 25.7 Å². The number of rotatable bonds is 9. The van der Waals surface area contributed by atoms with Crippen molar-refractivity contribution in [2.75, 3.05) is 20.2 Å². The molecule has 0 fully saturated rings. The second kappa shape index (κ2) is 9.31. The van der Waals surface area contributed by atoms with E-state index in [1.807, 2.05) is 0 Å². The molecule has 1 heterocycles. The minimum absolute atomic E-state index is 0.0102. The third-order valence-electron chi connectivity index (χ3n) is 4.48. The fraction of sp³-hybridized carbons (Fsp3) is 0.318. The molecule has 0 aromatic heterocycles. The fourth-order valence-corrected chi connectivity index (χ4v) is 3.52. The van der Waals surface area contributed by atoms with Gasteiger partial charge in [-0.15, -0.1) is 0 Å². The molecule has 0 atom stereocenters. The highest BCUT2D eigenvalue weighted by Crippen LogP contribution is 2.35. The summed E-state index contributed by atoms with van der Waals surface area (Å²) in [6.45, 7) is 7.39. The number of ether oxygens (including phenoxy) is 4. The van der Waals surface area contributed by atoms with E-state index < -0.39 is 19.9 Å². The second-order valence-electron chi connectivity index (χ2n) is 8.10. The van der Waals surface area contributed by atoms with Gasteiger partial charge in [0.15, 0.2) is 29.9 Å². The first kappa shape index (κ1) is 21.9. The van der Waals surface area contributed by atoms with Crippen molar-refractivity contribution in [2.45, 2.75) is 25.7 Å². The maximum atomic E-state index is 14.4. The lowest BCUT2D eigenvalue weighted by Gasteiger charge is -2.15. The van der Waals surface area contributed by atoms with Gasteiger partial charge in [0.25, 0.3) is 0 Å². The first-order valence-electron chi connectivity index (χ1n) is 9.58. The number of hydrogen-bond donors (Lipinski definition) is 1. The van der Waals surface area contributed by atoms with Crippen LogP contribution in [-0.2, 0) is 9.53 Å². The maximum absolute atomic E-state index is 14.4. The first-order chi connectivity index (χ1) is 14.2.